The molecule has 28 heavy (non-hydrogen) atoms. The number of benzene rings is 1. The largest absolute Gasteiger partial charge is 0.461 e. The minimum atomic E-state index is -0.193. The fraction of sp³-hybridized carbons (Fsp3) is 0.200. The lowest BCUT2D eigenvalue weighted by Crippen LogP contribution is -2.48. The minimum Gasteiger partial charge on any atom is -0.461 e. The fourth-order valence-electron chi connectivity index (χ4n) is 3.16. The van der Waals surface area contributed by atoms with E-state index in [0.717, 1.165) is 5.56 Å². The van der Waals surface area contributed by atoms with Gasteiger partial charge in [0.2, 0.25) is 11.7 Å². The maximum Gasteiger partial charge on any atom is 0.276 e. The van der Waals surface area contributed by atoms with Crippen LogP contribution in [0.5, 0.6) is 0 Å². The zero-order valence-electron chi connectivity index (χ0n) is 14.8. The summed E-state index contributed by atoms with van der Waals surface area (Å²) in [6.07, 6.45) is 2.16. The molecule has 0 N–H and O–H groups in total. The number of furan rings is 1. The average Bonchev–Trinajstić information content (AvgIpc) is 3.43. The molecule has 0 radical (unpaired) electrons. The molecule has 4 aromatic rings. The molecule has 0 bridgehead atoms. The van der Waals surface area contributed by atoms with Gasteiger partial charge in [-0.2, -0.15) is 4.98 Å². The molecule has 8 heteroatoms. The van der Waals surface area contributed by atoms with E-state index in [-0.39, 0.29) is 17.5 Å². The topological polar surface area (TPSA) is 98.4 Å². The fourth-order valence-corrected chi connectivity index (χ4v) is 3.16. The van der Waals surface area contributed by atoms with Crippen LogP contribution in [-0.2, 0) is 6.42 Å². The van der Waals surface area contributed by atoms with Gasteiger partial charge in [0.1, 0.15) is 0 Å². The van der Waals surface area contributed by atoms with Crippen LogP contribution in [-0.4, -0.2) is 39.2 Å². The van der Waals surface area contributed by atoms with Crippen molar-refractivity contribution < 1.29 is 18.3 Å². The first-order valence-corrected chi connectivity index (χ1v) is 8.92. The molecule has 1 aromatic carbocycles. The standard InChI is InChI=1S/C20H16N4O4/c25-20(15-10-17(27-22-15)16-7-4-8-26-16)24-11-14(12-24)19-21-18(23-28-19)9-13-5-2-1-3-6-13/h1-8,10,14H,9,11-12H2. The summed E-state index contributed by atoms with van der Waals surface area (Å²) in [6, 6.07) is 15.0. The minimum absolute atomic E-state index is 0.0393. The Bertz CT molecular complexity index is 1080. The second-order valence-corrected chi connectivity index (χ2v) is 6.67. The zero-order valence-corrected chi connectivity index (χ0v) is 14.8. The van der Waals surface area contributed by atoms with Gasteiger partial charge in [0, 0.05) is 25.6 Å². The van der Waals surface area contributed by atoms with E-state index in [1.807, 2.05) is 30.3 Å². The molecule has 0 saturated carbocycles. The Kier molecular flexibility index (Phi) is 4.01. The smallest absolute Gasteiger partial charge is 0.276 e. The highest BCUT2D eigenvalue weighted by atomic mass is 16.5. The van der Waals surface area contributed by atoms with E-state index >= 15 is 0 Å². The molecule has 0 spiro atoms. The van der Waals surface area contributed by atoms with Crippen LogP contribution >= 0.6 is 0 Å². The van der Waals surface area contributed by atoms with Crippen LogP contribution in [0, 0.1) is 0 Å². The first-order valence-electron chi connectivity index (χ1n) is 8.92. The third-order valence-corrected chi connectivity index (χ3v) is 4.70. The van der Waals surface area contributed by atoms with Gasteiger partial charge in [0.15, 0.2) is 17.3 Å². The monoisotopic (exact) mass is 376 g/mol. The van der Waals surface area contributed by atoms with Crippen molar-refractivity contribution in [1.82, 2.24) is 20.2 Å². The Morgan fingerprint density at radius 3 is 2.68 bits per heavy atom. The summed E-state index contributed by atoms with van der Waals surface area (Å²) in [5.41, 5.74) is 1.37. The van der Waals surface area contributed by atoms with Gasteiger partial charge in [-0.05, 0) is 17.7 Å². The SMILES string of the molecule is O=C(c1cc(-c2ccco2)on1)N1CC(c2nc(Cc3ccccc3)no2)C1. The average molecular weight is 376 g/mol. The predicted molar refractivity (Wildman–Crippen MR) is 96.4 cm³/mol. The number of rotatable bonds is 5. The molecule has 3 aromatic heterocycles. The third-order valence-electron chi connectivity index (χ3n) is 4.70. The van der Waals surface area contributed by atoms with Gasteiger partial charge in [-0.1, -0.05) is 40.6 Å². The van der Waals surface area contributed by atoms with Crippen molar-refractivity contribution in [3.05, 3.63) is 77.8 Å². The summed E-state index contributed by atoms with van der Waals surface area (Å²) in [5, 5.41) is 7.89. The molecule has 140 valence electrons. The highest BCUT2D eigenvalue weighted by Gasteiger charge is 2.37. The number of likely N-dealkylation sites (tertiary alicyclic amines) is 1. The third kappa shape index (κ3) is 3.09. The Balaban J connectivity index is 1.20. The van der Waals surface area contributed by atoms with Gasteiger partial charge in [0.25, 0.3) is 5.91 Å². The lowest BCUT2D eigenvalue weighted by atomic mass is 9.99. The van der Waals surface area contributed by atoms with Gasteiger partial charge in [-0.3, -0.25) is 4.79 Å². The molecule has 5 rings (SSSR count). The van der Waals surface area contributed by atoms with Crippen molar-refractivity contribution in [1.29, 1.82) is 0 Å². The molecule has 1 saturated heterocycles. The summed E-state index contributed by atoms with van der Waals surface area (Å²) in [7, 11) is 0. The van der Waals surface area contributed by atoms with E-state index in [1.165, 1.54) is 6.26 Å². The van der Waals surface area contributed by atoms with Crippen LogP contribution in [0.2, 0.25) is 0 Å². The van der Waals surface area contributed by atoms with Crippen LogP contribution in [0.15, 0.2) is 68.3 Å². The first-order chi connectivity index (χ1) is 13.8. The summed E-state index contributed by atoms with van der Waals surface area (Å²) in [4.78, 5) is 18.7. The van der Waals surface area contributed by atoms with Gasteiger partial charge in [0.05, 0.1) is 12.2 Å². The highest BCUT2D eigenvalue weighted by Crippen LogP contribution is 2.28. The number of carbonyl (C=O) groups is 1. The number of nitrogens with zero attached hydrogens (tertiary/aromatic N) is 4. The van der Waals surface area contributed by atoms with Gasteiger partial charge >= 0.3 is 0 Å². The van der Waals surface area contributed by atoms with Crippen LogP contribution in [0.1, 0.15) is 33.7 Å². The van der Waals surface area contributed by atoms with Crippen LogP contribution in [0.3, 0.4) is 0 Å². The lowest BCUT2D eigenvalue weighted by molar-refractivity contribution is 0.0558. The first kappa shape index (κ1) is 16.5. The Morgan fingerprint density at radius 2 is 1.89 bits per heavy atom. The molecule has 0 unspecified atom stereocenters. The zero-order chi connectivity index (χ0) is 18.9. The van der Waals surface area contributed by atoms with Crippen LogP contribution in [0.4, 0.5) is 0 Å². The molecule has 8 nitrogen and oxygen atoms in total. The van der Waals surface area contributed by atoms with E-state index in [2.05, 4.69) is 15.3 Å². The Morgan fingerprint density at radius 1 is 1.04 bits per heavy atom. The summed E-state index contributed by atoms with van der Waals surface area (Å²) in [6.45, 7) is 1.02. The second kappa shape index (κ2) is 6.80. The number of carbonyl (C=O) groups excluding carboxylic acids is 1. The van der Waals surface area contributed by atoms with Crippen molar-refractivity contribution >= 4 is 5.91 Å². The maximum atomic E-state index is 12.5. The van der Waals surface area contributed by atoms with Crippen LogP contribution < -0.4 is 0 Å². The van der Waals surface area contributed by atoms with E-state index in [0.29, 0.717) is 42.7 Å². The molecule has 1 aliphatic rings. The number of hydrogen-bond acceptors (Lipinski definition) is 7. The number of hydrogen-bond donors (Lipinski definition) is 0. The number of amides is 1. The molecular weight excluding hydrogens is 360 g/mol. The maximum absolute atomic E-state index is 12.5. The second-order valence-electron chi connectivity index (χ2n) is 6.67. The quantitative estimate of drug-likeness (QED) is 0.527. The van der Waals surface area contributed by atoms with Crippen molar-refractivity contribution in [3.8, 4) is 11.5 Å². The molecule has 1 aliphatic heterocycles. The van der Waals surface area contributed by atoms with Crippen molar-refractivity contribution in [3.63, 3.8) is 0 Å². The van der Waals surface area contributed by atoms with Crippen molar-refractivity contribution in [2.24, 2.45) is 0 Å². The summed E-state index contributed by atoms with van der Waals surface area (Å²) < 4.78 is 15.8. The molecule has 0 aliphatic carbocycles. The van der Waals surface area contributed by atoms with Crippen LogP contribution in [0.25, 0.3) is 11.5 Å². The van der Waals surface area contributed by atoms with Gasteiger partial charge < -0.3 is 18.4 Å². The van der Waals surface area contributed by atoms with Gasteiger partial charge in [-0.25, -0.2) is 0 Å². The molecule has 0 atom stereocenters. The van der Waals surface area contributed by atoms with E-state index in [1.54, 1.807) is 23.1 Å². The van der Waals surface area contributed by atoms with E-state index in [4.69, 9.17) is 13.5 Å². The highest BCUT2D eigenvalue weighted by molar-refractivity contribution is 5.93. The number of aromatic nitrogens is 3. The van der Waals surface area contributed by atoms with E-state index in [9.17, 15) is 4.79 Å². The molecule has 4 heterocycles. The summed E-state index contributed by atoms with van der Waals surface area (Å²) in [5.74, 6) is 2.01. The molecule has 1 fully saturated rings. The summed E-state index contributed by atoms with van der Waals surface area (Å²) >= 11 is 0. The van der Waals surface area contributed by atoms with E-state index < -0.39 is 0 Å². The molecule has 1 amide bonds. The Labute approximate surface area is 159 Å². The predicted octanol–water partition coefficient (Wildman–Crippen LogP) is 3.15. The Hall–Kier alpha value is -3.68. The normalized spacial score (nSPS) is 14.2. The van der Waals surface area contributed by atoms with Crippen molar-refractivity contribution in [2.45, 2.75) is 12.3 Å². The lowest BCUT2D eigenvalue weighted by Gasteiger charge is -2.36. The van der Waals surface area contributed by atoms with Gasteiger partial charge in [-0.15, -0.1) is 0 Å². The molecular formula is C20H16N4O4. The van der Waals surface area contributed by atoms with Crippen molar-refractivity contribution in [2.75, 3.05) is 13.1 Å².